The zero-order valence-electron chi connectivity index (χ0n) is 19.0. The van der Waals surface area contributed by atoms with E-state index in [-0.39, 0.29) is 5.92 Å². The van der Waals surface area contributed by atoms with Gasteiger partial charge in [0.2, 0.25) is 5.82 Å². The highest BCUT2D eigenvalue weighted by Gasteiger charge is 2.32. The van der Waals surface area contributed by atoms with Crippen molar-refractivity contribution in [2.45, 2.75) is 20.4 Å². The van der Waals surface area contributed by atoms with Crippen molar-refractivity contribution < 1.29 is 28.3 Å². The number of aromatic nitrogens is 2. The van der Waals surface area contributed by atoms with Crippen molar-refractivity contribution in [3.8, 4) is 34.3 Å². The summed E-state index contributed by atoms with van der Waals surface area (Å²) in [4.78, 5) is 17.6. The minimum atomic E-state index is -0.746. The van der Waals surface area contributed by atoms with Gasteiger partial charge in [0, 0.05) is 29.6 Å². The molecule has 3 heterocycles. The highest BCUT2D eigenvalue weighted by atomic mass is 16.5. The first-order valence-electron chi connectivity index (χ1n) is 11.3. The van der Waals surface area contributed by atoms with Crippen LogP contribution in [0.25, 0.3) is 33.8 Å². The van der Waals surface area contributed by atoms with Gasteiger partial charge in [0.05, 0.1) is 25.7 Å². The number of benzene rings is 2. The smallest absolute Gasteiger partial charge is 0.309 e. The summed E-state index contributed by atoms with van der Waals surface area (Å²) in [6.07, 6.45) is 0. The molecule has 1 saturated heterocycles. The van der Waals surface area contributed by atoms with Crippen LogP contribution in [0.1, 0.15) is 19.6 Å². The summed E-state index contributed by atoms with van der Waals surface area (Å²) >= 11 is 0. The number of hydrogen-bond acceptors (Lipinski definition) is 8. The highest BCUT2D eigenvalue weighted by molar-refractivity contribution is 5.83. The second kappa shape index (κ2) is 9.18. The van der Waals surface area contributed by atoms with Crippen molar-refractivity contribution in [3.05, 3.63) is 48.2 Å². The van der Waals surface area contributed by atoms with Gasteiger partial charge in [-0.1, -0.05) is 5.16 Å². The van der Waals surface area contributed by atoms with E-state index in [1.54, 1.807) is 0 Å². The summed E-state index contributed by atoms with van der Waals surface area (Å²) in [6, 6.07) is 13.2. The Kier molecular flexibility index (Phi) is 5.93. The van der Waals surface area contributed by atoms with Crippen LogP contribution in [-0.2, 0) is 11.3 Å². The van der Waals surface area contributed by atoms with Crippen LogP contribution in [0.15, 0.2) is 51.4 Å². The summed E-state index contributed by atoms with van der Waals surface area (Å²) in [6.45, 7) is 6.57. The first kappa shape index (κ1) is 22.0. The molecule has 0 atom stereocenters. The number of rotatable bonds is 9. The van der Waals surface area contributed by atoms with E-state index in [9.17, 15) is 4.79 Å². The maximum Gasteiger partial charge on any atom is 0.309 e. The number of aliphatic carboxylic acids is 1. The van der Waals surface area contributed by atoms with Crippen LogP contribution in [0, 0.1) is 5.92 Å². The lowest BCUT2D eigenvalue weighted by atomic mass is 10.0. The van der Waals surface area contributed by atoms with Gasteiger partial charge in [-0.3, -0.25) is 9.69 Å². The molecule has 1 aliphatic rings. The predicted octanol–water partition coefficient (Wildman–Crippen LogP) is 4.46. The molecule has 0 aliphatic carbocycles. The number of carbonyl (C=O) groups is 1. The summed E-state index contributed by atoms with van der Waals surface area (Å²) < 4.78 is 22.8. The van der Waals surface area contributed by atoms with Crippen molar-refractivity contribution >= 4 is 16.9 Å². The monoisotopic (exact) mass is 463 g/mol. The van der Waals surface area contributed by atoms with Gasteiger partial charge in [-0.2, -0.15) is 4.98 Å². The van der Waals surface area contributed by atoms with E-state index in [0.717, 1.165) is 27.9 Å². The van der Waals surface area contributed by atoms with Gasteiger partial charge in [0.25, 0.3) is 5.89 Å². The van der Waals surface area contributed by atoms with Crippen LogP contribution in [0.2, 0.25) is 0 Å². The number of hydrogen-bond donors (Lipinski definition) is 1. The van der Waals surface area contributed by atoms with Gasteiger partial charge in [-0.25, -0.2) is 0 Å². The molecule has 9 heteroatoms. The molecule has 5 rings (SSSR count). The van der Waals surface area contributed by atoms with E-state index in [4.69, 9.17) is 23.5 Å². The van der Waals surface area contributed by atoms with Crippen LogP contribution in [-0.4, -0.2) is 52.4 Å². The summed E-state index contributed by atoms with van der Waals surface area (Å²) in [7, 11) is 0. The fourth-order valence-corrected chi connectivity index (χ4v) is 4.03. The Balaban J connectivity index is 1.34. The van der Waals surface area contributed by atoms with Crippen LogP contribution < -0.4 is 9.47 Å². The fourth-order valence-electron chi connectivity index (χ4n) is 4.03. The van der Waals surface area contributed by atoms with E-state index >= 15 is 0 Å². The summed E-state index contributed by atoms with van der Waals surface area (Å²) in [5, 5.41) is 14.1. The van der Waals surface area contributed by atoms with Gasteiger partial charge >= 0.3 is 5.97 Å². The van der Waals surface area contributed by atoms with Crippen molar-refractivity contribution in [2.24, 2.45) is 5.92 Å². The Bertz CT molecular complexity index is 1320. The van der Waals surface area contributed by atoms with E-state index in [1.807, 2.05) is 56.3 Å². The van der Waals surface area contributed by atoms with Crippen molar-refractivity contribution in [3.63, 3.8) is 0 Å². The lowest BCUT2D eigenvalue weighted by Crippen LogP contribution is -2.49. The number of ether oxygens (including phenoxy) is 2. The van der Waals surface area contributed by atoms with Crippen LogP contribution in [0.3, 0.4) is 0 Å². The molecule has 0 bridgehead atoms. The minimum Gasteiger partial charge on any atom is -0.490 e. The molecule has 9 nitrogen and oxygen atoms in total. The molecule has 176 valence electrons. The molecular formula is C25H25N3O6. The van der Waals surface area contributed by atoms with Crippen molar-refractivity contribution in [1.82, 2.24) is 15.0 Å². The SMILES string of the molecule is CCOc1ccc(-c2nc(-c3ccc4oc(CN5CC(C(=O)O)C5)cc4c3)no2)cc1OCC. The molecule has 0 radical (unpaired) electrons. The van der Waals surface area contributed by atoms with Crippen molar-refractivity contribution in [1.29, 1.82) is 0 Å². The number of carboxylic acid groups (broad SMARTS) is 1. The normalized spacial score (nSPS) is 14.3. The van der Waals surface area contributed by atoms with Crippen molar-refractivity contribution in [2.75, 3.05) is 26.3 Å². The van der Waals surface area contributed by atoms with Gasteiger partial charge in [0.15, 0.2) is 11.5 Å². The fraction of sp³-hybridized carbons (Fsp3) is 0.320. The second-order valence-electron chi connectivity index (χ2n) is 8.15. The first-order chi connectivity index (χ1) is 16.5. The number of nitrogens with zero attached hydrogens (tertiary/aromatic N) is 3. The average Bonchev–Trinajstić information content (AvgIpc) is 3.43. The molecular weight excluding hydrogens is 438 g/mol. The van der Waals surface area contributed by atoms with Gasteiger partial charge in [-0.05, 0) is 56.3 Å². The maximum absolute atomic E-state index is 11.0. The minimum absolute atomic E-state index is 0.289. The Morgan fingerprint density at radius 1 is 1.06 bits per heavy atom. The Labute approximate surface area is 195 Å². The summed E-state index contributed by atoms with van der Waals surface area (Å²) in [5.74, 6) is 1.92. The standard InChI is InChI=1S/C25H25N3O6/c1-3-31-21-8-6-16(11-22(21)32-4-2)24-26-23(27-34-24)15-5-7-20-17(9-15)10-19(33-20)14-28-12-18(13-28)25(29)30/h5-11,18H,3-4,12-14H2,1-2H3,(H,29,30). The Morgan fingerprint density at radius 3 is 2.59 bits per heavy atom. The molecule has 0 amide bonds. The Hall–Kier alpha value is -3.85. The molecule has 1 fully saturated rings. The van der Waals surface area contributed by atoms with E-state index < -0.39 is 5.97 Å². The zero-order valence-corrected chi connectivity index (χ0v) is 19.0. The second-order valence-corrected chi connectivity index (χ2v) is 8.15. The maximum atomic E-state index is 11.0. The summed E-state index contributed by atoms with van der Waals surface area (Å²) in [5.41, 5.74) is 2.30. The molecule has 0 saturated carbocycles. The Morgan fingerprint density at radius 2 is 1.82 bits per heavy atom. The third-order valence-corrected chi connectivity index (χ3v) is 5.73. The quantitative estimate of drug-likeness (QED) is 0.384. The van der Waals surface area contributed by atoms with E-state index in [2.05, 4.69) is 15.0 Å². The number of fused-ring (bicyclic) bond motifs is 1. The van der Waals surface area contributed by atoms with Crippen LogP contribution >= 0.6 is 0 Å². The van der Waals surface area contributed by atoms with Gasteiger partial charge < -0.3 is 23.5 Å². The highest BCUT2D eigenvalue weighted by Crippen LogP contribution is 2.33. The van der Waals surface area contributed by atoms with Crippen LogP contribution in [0.5, 0.6) is 11.5 Å². The number of furan rings is 1. The number of carboxylic acids is 1. The lowest BCUT2D eigenvalue weighted by Gasteiger charge is -2.35. The average molecular weight is 463 g/mol. The molecule has 0 spiro atoms. The number of likely N-dealkylation sites (tertiary alicyclic amines) is 1. The predicted molar refractivity (Wildman–Crippen MR) is 124 cm³/mol. The largest absolute Gasteiger partial charge is 0.490 e. The molecule has 4 aromatic rings. The zero-order chi connectivity index (χ0) is 23.7. The molecule has 2 aromatic heterocycles. The molecule has 34 heavy (non-hydrogen) atoms. The lowest BCUT2D eigenvalue weighted by molar-refractivity contribution is -0.147. The molecule has 2 aromatic carbocycles. The molecule has 1 aliphatic heterocycles. The first-order valence-corrected chi connectivity index (χ1v) is 11.3. The van der Waals surface area contributed by atoms with Gasteiger partial charge in [0.1, 0.15) is 11.3 Å². The van der Waals surface area contributed by atoms with Crippen LogP contribution in [0.4, 0.5) is 0 Å². The third kappa shape index (κ3) is 4.34. The molecule has 0 unspecified atom stereocenters. The van der Waals surface area contributed by atoms with E-state index in [1.165, 1.54) is 0 Å². The third-order valence-electron chi connectivity index (χ3n) is 5.73. The van der Waals surface area contributed by atoms with Gasteiger partial charge in [-0.15, -0.1) is 0 Å². The van der Waals surface area contributed by atoms with E-state index in [0.29, 0.717) is 56.1 Å². The topological polar surface area (TPSA) is 111 Å². The molecule has 1 N–H and O–H groups in total.